The molecule has 2 aromatic heterocycles. The highest BCUT2D eigenvalue weighted by Crippen LogP contribution is 2.34. The SMILES string of the molecule is O=CC1(CCCn2c(=O)cnc3ccccc32)CCN(CCSc2cccs2)CC1. The molecule has 3 aromatic rings. The molecule has 0 radical (unpaired) electrons. The zero-order valence-corrected chi connectivity index (χ0v) is 18.7. The Balaban J connectivity index is 1.29. The van der Waals surface area contributed by atoms with E-state index < -0.39 is 0 Å². The molecule has 0 bridgehead atoms. The van der Waals surface area contributed by atoms with E-state index in [0.717, 1.165) is 62.1 Å². The van der Waals surface area contributed by atoms with Gasteiger partial charge >= 0.3 is 0 Å². The monoisotopic (exact) mass is 441 g/mol. The summed E-state index contributed by atoms with van der Waals surface area (Å²) >= 11 is 3.70. The van der Waals surface area contributed by atoms with Crippen LogP contribution in [0.3, 0.4) is 0 Å². The van der Waals surface area contributed by atoms with Gasteiger partial charge in [-0.05, 0) is 62.4 Å². The summed E-state index contributed by atoms with van der Waals surface area (Å²) in [4.78, 5) is 31.0. The summed E-state index contributed by atoms with van der Waals surface area (Å²) in [5, 5.41) is 2.12. The Kier molecular flexibility index (Phi) is 7.02. The Labute approximate surface area is 185 Å². The molecule has 0 N–H and O–H groups in total. The molecule has 5 nitrogen and oxygen atoms in total. The quantitative estimate of drug-likeness (QED) is 0.366. The van der Waals surface area contributed by atoms with Gasteiger partial charge in [-0.15, -0.1) is 23.1 Å². The fourth-order valence-corrected chi connectivity index (χ4v) is 6.07. The average molecular weight is 442 g/mol. The van der Waals surface area contributed by atoms with Crippen molar-refractivity contribution in [3.05, 3.63) is 58.3 Å². The Morgan fingerprint density at radius 2 is 1.97 bits per heavy atom. The van der Waals surface area contributed by atoms with Gasteiger partial charge in [0.05, 0.1) is 21.4 Å². The maximum Gasteiger partial charge on any atom is 0.269 e. The number of carbonyl (C=O) groups excluding carboxylic acids is 1. The number of likely N-dealkylation sites (tertiary alicyclic amines) is 1. The molecule has 1 aliphatic heterocycles. The number of hydrogen-bond acceptors (Lipinski definition) is 6. The van der Waals surface area contributed by atoms with Gasteiger partial charge in [-0.2, -0.15) is 0 Å². The summed E-state index contributed by atoms with van der Waals surface area (Å²) in [5.74, 6) is 1.09. The van der Waals surface area contributed by atoms with E-state index in [-0.39, 0.29) is 11.0 Å². The van der Waals surface area contributed by atoms with Crippen molar-refractivity contribution in [3.63, 3.8) is 0 Å². The molecular formula is C23H27N3O2S2. The lowest BCUT2D eigenvalue weighted by molar-refractivity contribution is -0.119. The van der Waals surface area contributed by atoms with Gasteiger partial charge in [0.1, 0.15) is 6.29 Å². The van der Waals surface area contributed by atoms with Crippen LogP contribution in [0.2, 0.25) is 0 Å². The number of thiophene rings is 1. The molecule has 1 aliphatic rings. The predicted molar refractivity (Wildman–Crippen MR) is 124 cm³/mol. The maximum atomic E-state index is 12.3. The highest BCUT2D eigenvalue weighted by atomic mass is 32.2. The van der Waals surface area contributed by atoms with Crippen LogP contribution in [0.4, 0.5) is 0 Å². The Morgan fingerprint density at radius 3 is 2.73 bits per heavy atom. The van der Waals surface area contributed by atoms with Crippen LogP contribution in [0.1, 0.15) is 25.7 Å². The fraction of sp³-hybridized carbons (Fsp3) is 0.435. The number of nitrogens with zero attached hydrogens (tertiary/aromatic N) is 3. The number of para-hydroxylation sites is 2. The van der Waals surface area contributed by atoms with Crippen LogP contribution in [-0.2, 0) is 11.3 Å². The van der Waals surface area contributed by atoms with E-state index >= 15 is 0 Å². The zero-order chi connectivity index (χ0) is 20.8. The predicted octanol–water partition coefficient (Wildman–Crippen LogP) is 4.31. The Bertz CT molecular complexity index is 1020. The largest absolute Gasteiger partial charge is 0.305 e. The van der Waals surface area contributed by atoms with Gasteiger partial charge in [0.15, 0.2) is 0 Å². The first-order valence-corrected chi connectivity index (χ1v) is 12.4. The van der Waals surface area contributed by atoms with Crippen LogP contribution in [0.5, 0.6) is 0 Å². The first-order valence-electron chi connectivity index (χ1n) is 10.5. The summed E-state index contributed by atoms with van der Waals surface area (Å²) in [7, 11) is 0. The van der Waals surface area contributed by atoms with E-state index in [9.17, 15) is 9.59 Å². The minimum absolute atomic E-state index is 0.0769. The van der Waals surface area contributed by atoms with Gasteiger partial charge in [-0.1, -0.05) is 18.2 Å². The highest BCUT2D eigenvalue weighted by molar-refractivity contribution is 8.01. The average Bonchev–Trinajstić information content (AvgIpc) is 3.30. The first kappa shape index (κ1) is 21.3. The van der Waals surface area contributed by atoms with Crippen molar-refractivity contribution in [2.75, 3.05) is 25.4 Å². The van der Waals surface area contributed by atoms with Crippen LogP contribution < -0.4 is 5.56 Å². The molecule has 158 valence electrons. The number of thioether (sulfide) groups is 1. The van der Waals surface area contributed by atoms with Crippen molar-refractivity contribution < 1.29 is 4.79 Å². The number of carbonyl (C=O) groups is 1. The zero-order valence-electron chi connectivity index (χ0n) is 17.0. The second-order valence-corrected chi connectivity index (χ2v) is 10.3. The molecule has 1 aromatic carbocycles. The summed E-state index contributed by atoms with van der Waals surface area (Å²) < 4.78 is 3.16. The molecule has 0 unspecified atom stereocenters. The van der Waals surface area contributed by atoms with Gasteiger partial charge in [-0.25, -0.2) is 4.98 Å². The van der Waals surface area contributed by atoms with Gasteiger partial charge < -0.3 is 14.3 Å². The van der Waals surface area contributed by atoms with Crippen molar-refractivity contribution in [1.29, 1.82) is 0 Å². The van der Waals surface area contributed by atoms with E-state index in [1.807, 2.05) is 36.0 Å². The van der Waals surface area contributed by atoms with Crippen molar-refractivity contribution in [2.24, 2.45) is 5.41 Å². The normalized spacial score (nSPS) is 16.7. The Hall–Kier alpha value is -1.96. The Morgan fingerprint density at radius 1 is 1.13 bits per heavy atom. The lowest BCUT2D eigenvalue weighted by atomic mass is 9.76. The van der Waals surface area contributed by atoms with Crippen molar-refractivity contribution in [3.8, 4) is 0 Å². The molecule has 0 saturated carbocycles. The molecule has 4 rings (SSSR count). The van der Waals surface area contributed by atoms with Gasteiger partial charge in [-0.3, -0.25) is 4.79 Å². The van der Waals surface area contributed by atoms with Gasteiger partial charge in [0, 0.05) is 24.3 Å². The molecular weight excluding hydrogens is 414 g/mol. The number of hydrogen-bond donors (Lipinski definition) is 0. The van der Waals surface area contributed by atoms with E-state index in [1.54, 1.807) is 15.9 Å². The van der Waals surface area contributed by atoms with Crippen LogP contribution in [0, 0.1) is 5.41 Å². The fourth-order valence-electron chi connectivity index (χ4n) is 4.20. The van der Waals surface area contributed by atoms with Crippen LogP contribution in [0.25, 0.3) is 11.0 Å². The van der Waals surface area contributed by atoms with E-state index in [0.29, 0.717) is 6.54 Å². The maximum absolute atomic E-state index is 12.3. The van der Waals surface area contributed by atoms with Crippen molar-refractivity contribution in [1.82, 2.24) is 14.5 Å². The molecule has 3 heterocycles. The number of aryl methyl sites for hydroxylation is 1. The summed E-state index contributed by atoms with van der Waals surface area (Å²) in [6.07, 6.45) is 6.04. The van der Waals surface area contributed by atoms with E-state index in [2.05, 4.69) is 27.4 Å². The summed E-state index contributed by atoms with van der Waals surface area (Å²) in [6, 6.07) is 12.0. The topological polar surface area (TPSA) is 55.2 Å². The van der Waals surface area contributed by atoms with Crippen LogP contribution in [0.15, 0.2) is 57.0 Å². The van der Waals surface area contributed by atoms with Crippen molar-refractivity contribution >= 4 is 40.4 Å². The third-order valence-electron chi connectivity index (χ3n) is 6.06. The number of aromatic nitrogens is 2. The number of piperidine rings is 1. The van der Waals surface area contributed by atoms with Crippen molar-refractivity contribution in [2.45, 2.75) is 36.4 Å². The number of rotatable bonds is 9. The van der Waals surface area contributed by atoms with E-state index in [1.165, 1.54) is 16.7 Å². The molecule has 1 saturated heterocycles. The molecule has 0 atom stereocenters. The molecule has 30 heavy (non-hydrogen) atoms. The second kappa shape index (κ2) is 9.90. The smallest absolute Gasteiger partial charge is 0.269 e. The third-order valence-corrected chi connectivity index (χ3v) is 8.17. The third kappa shape index (κ3) is 5.02. The van der Waals surface area contributed by atoms with Crippen LogP contribution >= 0.6 is 23.1 Å². The highest BCUT2D eigenvalue weighted by Gasteiger charge is 2.33. The summed E-state index contributed by atoms with van der Waals surface area (Å²) in [6.45, 7) is 3.64. The summed E-state index contributed by atoms with van der Waals surface area (Å²) in [5.41, 5.74) is 1.37. The standard InChI is InChI=1S/C23H27N3O2S2/c27-18-23(9-12-25(13-10-23)14-16-30-22-7-3-15-29-22)8-4-11-26-20-6-2-1-5-19(20)24-17-21(26)28/h1-3,5-7,15,17-18H,4,8-14,16H2. The number of benzene rings is 1. The molecule has 0 spiro atoms. The number of fused-ring (bicyclic) bond motifs is 1. The van der Waals surface area contributed by atoms with Gasteiger partial charge in [0.2, 0.25) is 0 Å². The van der Waals surface area contributed by atoms with Crippen LogP contribution in [-0.4, -0.2) is 46.1 Å². The number of aldehydes is 1. The van der Waals surface area contributed by atoms with E-state index in [4.69, 9.17) is 0 Å². The van der Waals surface area contributed by atoms with Gasteiger partial charge in [0.25, 0.3) is 5.56 Å². The first-order chi connectivity index (χ1) is 14.7. The lowest BCUT2D eigenvalue weighted by Gasteiger charge is -2.38. The minimum Gasteiger partial charge on any atom is -0.305 e. The lowest BCUT2D eigenvalue weighted by Crippen LogP contribution is -2.42. The molecule has 1 fully saturated rings. The molecule has 0 amide bonds. The molecule has 7 heteroatoms. The minimum atomic E-state index is -0.246. The molecule has 0 aliphatic carbocycles. The second-order valence-electron chi connectivity index (χ2n) is 7.94.